The number of benzene rings is 1. The zero-order chi connectivity index (χ0) is 15.5. The summed E-state index contributed by atoms with van der Waals surface area (Å²) in [6.07, 6.45) is 1.20. The Balaban J connectivity index is 2.21. The third-order valence-electron chi connectivity index (χ3n) is 2.43. The Morgan fingerprint density at radius 1 is 1.48 bits per heavy atom. The predicted molar refractivity (Wildman–Crippen MR) is 84.6 cm³/mol. The third kappa shape index (κ3) is 3.74. The first-order valence-corrected chi connectivity index (χ1v) is 8.74. The first-order chi connectivity index (χ1) is 9.94. The molecule has 0 bridgehead atoms. The summed E-state index contributed by atoms with van der Waals surface area (Å²) in [7, 11) is -2.26. The molecule has 0 aliphatic carbocycles. The van der Waals surface area contributed by atoms with Crippen LogP contribution in [0, 0.1) is 0 Å². The smallest absolute Gasteiger partial charge is 0.286 e. The van der Waals surface area contributed by atoms with Crippen molar-refractivity contribution >= 4 is 43.5 Å². The SMILES string of the molecule is COc1cc(Br)cc(/C=N/NS(=O)(=O)c2cccs2)c1O. The molecule has 6 nitrogen and oxygen atoms in total. The minimum Gasteiger partial charge on any atom is -0.504 e. The number of phenolic OH excluding ortho intramolecular Hbond substituents is 1. The van der Waals surface area contributed by atoms with Gasteiger partial charge in [-0.25, -0.2) is 0 Å². The van der Waals surface area contributed by atoms with E-state index in [1.165, 1.54) is 19.4 Å². The largest absolute Gasteiger partial charge is 0.504 e. The normalized spacial score (nSPS) is 11.7. The second-order valence-corrected chi connectivity index (χ2v) is 7.58. The molecule has 2 aromatic rings. The summed E-state index contributed by atoms with van der Waals surface area (Å²) in [5, 5.41) is 15.2. The number of hydrazone groups is 1. The maximum atomic E-state index is 11.8. The van der Waals surface area contributed by atoms with Crippen molar-refractivity contribution in [1.82, 2.24) is 4.83 Å². The molecular weight excluding hydrogens is 380 g/mol. The van der Waals surface area contributed by atoms with Crippen molar-refractivity contribution in [3.05, 3.63) is 39.7 Å². The zero-order valence-corrected chi connectivity index (χ0v) is 14.0. The predicted octanol–water partition coefficient (Wildman–Crippen LogP) is 2.54. The molecule has 2 N–H and O–H groups in total. The average Bonchev–Trinajstić information content (AvgIpc) is 2.97. The van der Waals surface area contributed by atoms with E-state index in [1.54, 1.807) is 23.6 Å². The second-order valence-electron chi connectivity index (χ2n) is 3.83. The van der Waals surface area contributed by atoms with Crippen LogP contribution < -0.4 is 9.57 Å². The number of thiophene rings is 1. The van der Waals surface area contributed by atoms with E-state index in [0.717, 1.165) is 11.3 Å². The van der Waals surface area contributed by atoms with Gasteiger partial charge in [0.2, 0.25) is 0 Å². The van der Waals surface area contributed by atoms with Crippen molar-refractivity contribution in [2.45, 2.75) is 4.21 Å². The lowest BCUT2D eigenvalue weighted by Crippen LogP contribution is -2.17. The molecule has 9 heteroatoms. The fourth-order valence-electron chi connectivity index (χ4n) is 1.48. The number of rotatable bonds is 5. The third-order valence-corrected chi connectivity index (χ3v) is 5.50. The van der Waals surface area contributed by atoms with Crippen molar-refractivity contribution < 1.29 is 18.3 Å². The van der Waals surface area contributed by atoms with Gasteiger partial charge < -0.3 is 9.84 Å². The highest BCUT2D eigenvalue weighted by atomic mass is 79.9. The number of phenols is 1. The molecule has 112 valence electrons. The van der Waals surface area contributed by atoms with Crippen LogP contribution in [0.15, 0.2) is 43.4 Å². The number of nitrogens with one attached hydrogen (secondary N) is 1. The van der Waals surface area contributed by atoms with Gasteiger partial charge in [0.25, 0.3) is 10.0 Å². The van der Waals surface area contributed by atoms with Gasteiger partial charge in [-0.05, 0) is 23.6 Å². The van der Waals surface area contributed by atoms with Crippen LogP contribution in [0.4, 0.5) is 0 Å². The summed E-state index contributed by atoms with van der Waals surface area (Å²) in [6, 6.07) is 6.28. The number of hydrogen-bond donors (Lipinski definition) is 2. The first-order valence-electron chi connectivity index (χ1n) is 5.59. The van der Waals surface area contributed by atoms with Crippen molar-refractivity contribution in [2.24, 2.45) is 5.10 Å². The van der Waals surface area contributed by atoms with E-state index in [4.69, 9.17) is 4.74 Å². The van der Waals surface area contributed by atoms with E-state index in [-0.39, 0.29) is 15.7 Å². The van der Waals surface area contributed by atoms with Gasteiger partial charge in [0.05, 0.1) is 13.3 Å². The van der Waals surface area contributed by atoms with Gasteiger partial charge in [-0.1, -0.05) is 22.0 Å². The van der Waals surface area contributed by atoms with Crippen molar-refractivity contribution in [3.8, 4) is 11.5 Å². The van der Waals surface area contributed by atoms with Crippen LogP contribution in [0.25, 0.3) is 0 Å². The van der Waals surface area contributed by atoms with Gasteiger partial charge in [-0.15, -0.1) is 11.3 Å². The zero-order valence-electron chi connectivity index (χ0n) is 10.8. The van der Waals surface area contributed by atoms with Gasteiger partial charge in [-0.3, -0.25) is 0 Å². The Morgan fingerprint density at radius 3 is 2.86 bits per heavy atom. The highest BCUT2D eigenvalue weighted by Gasteiger charge is 2.13. The fraction of sp³-hybridized carbons (Fsp3) is 0.0833. The van der Waals surface area contributed by atoms with E-state index in [2.05, 4.69) is 25.9 Å². The number of halogens is 1. The molecule has 0 fully saturated rings. The lowest BCUT2D eigenvalue weighted by Gasteiger charge is -2.06. The lowest BCUT2D eigenvalue weighted by atomic mass is 10.2. The van der Waals surface area contributed by atoms with Crippen molar-refractivity contribution in [2.75, 3.05) is 7.11 Å². The molecule has 1 aromatic heterocycles. The highest BCUT2D eigenvalue weighted by Crippen LogP contribution is 2.32. The number of methoxy groups -OCH3 is 1. The molecule has 0 amide bonds. The molecule has 2 rings (SSSR count). The topological polar surface area (TPSA) is 88.0 Å². The monoisotopic (exact) mass is 390 g/mol. The Labute approximate surface area is 134 Å². The molecule has 0 aliphatic heterocycles. The van der Waals surface area contributed by atoms with Crippen LogP contribution in [0.5, 0.6) is 11.5 Å². The molecule has 1 heterocycles. The minimum atomic E-state index is -3.68. The number of hydrogen-bond acceptors (Lipinski definition) is 6. The molecule has 0 saturated carbocycles. The van der Waals surface area contributed by atoms with Gasteiger partial charge in [0, 0.05) is 10.0 Å². The van der Waals surface area contributed by atoms with Crippen molar-refractivity contribution in [1.29, 1.82) is 0 Å². The maximum Gasteiger partial charge on any atom is 0.286 e. The molecule has 0 radical (unpaired) electrons. The van der Waals surface area contributed by atoms with E-state index in [1.807, 2.05) is 0 Å². The van der Waals surface area contributed by atoms with E-state index in [9.17, 15) is 13.5 Å². The molecule has 0 unspecified atom stereocenters. The average molecular weight is 391 g/mol. The summed E-state index contributed by atoms with van der Waals surface area (Å²) in [5.74, 6) is 0.131. The number of aromatic hydroxyl groups is 1. The second kappa shape index (κ2) is 6.46. The number of sulfonamides is 1. The summed E-state index contributed by atoms with van der Waals surface area (Å²) in [5.41, 5.74) is 0.315. The van der Waals surface area contributed by atoms with Crippen LogP contribution in [0.3, 0.4) is 0 Å². The molecule has 0 saturated heterocycles. The molecule has 0 spiro atoms. The van der Waals surface area contributed by atoms with Crippen LogP contribution in [0.1, 0.15) is 5.56 Å². The van der Waals surface area contributed by atoms with Crippen LogP contribution in [0.2, 0.25) is 0 Å². The highest BCUT2D eigenvalue weighted by molar-refractivity contribution is 9.10. The summed E-state index contributed by atoms with van der Waals surface area (Å²) >= 11 is 4.35. The number of ether oxygens (including phenoxy) is 1. The Kier molecular flexibility index (Phi) is 4.86. The summed E-state index contributed by atoms with van der Waals surface area (Å²) in [6.45, 7) is 0. The van der Waals surface area contributed by atoms with Gasteiger partial charge >= 0.3 is 0 Å². The molecular formula is C12H11BrN2O4S2. The Bertz CT molecular complexity index is 758. The first kappa shape index (κ1) is 15.8. The van der Waals surface area contributed by atoms with E-state index < -0.39 is 10.0 Å². The van der Waals surface area contributed by atoms with Crippen LogP contribution >= 0.6 is 27.3 Å². The van der Waals surface area contributed by atoms with E-state index in [0.29, 0.717) is 10.0 Å². The standard InChI is InChI=1S/C12H11BrN2O4S2/c1-19-10-6-9(13)5-8(12(10)16)7-14-15-21(17,18)11-3-2-4-20-11/h2-7,15-16H,1H3/b14-7+. The van der Waals surface area contributed by atoms with Crippen molar-refractivity contribution in [3.63, 3.8) is 0 Å². The summed E-state index contributed by atoms with van der Waals surface area (Å²) < 4.78 is 29.5. The quantitative estimate of drug-likeness (QED) is 0.606. The summed E-state index contributed by atoms with van der Waals surface area (Å²) in [4.78, 5) is 2.08. The van der Waals surface area contributed by atoms with E-state index >= 15 is 0 Å². The minimum absolute atomic E-state index is 0.125. The number of nitrogens with zero attached hydrogens (tertiary/aromatic N) is 1. The van der Waals surface area contributed by atoms with Gasteiger partial charge in [-0.2, -0.15) is 18.4 Å². The molecule has 0 aliphatic rings. The van der Waals surface area contributed by atoms with Crippen LogP contribution in [-0.4, -0.2) is 26.8 Å². The van der Waals surface area contributed by atoms with Gasteiger partial charge in [0.1, 0.15) is 4.21 Å². The fourth-order valence-corrected chi connectivity index (χ4v) is 3.70. The van der Waals surface area contributed by atoms with Crippen LogP contribution in [-0.2, 0) is 10.0 Å². The maximum absolute atomic E-state index is 11.8. The Hall–Kier alpha value is -1.58. The molecule has 1 aromatic carbocycles. The lowest BCUT2D eigenvalue weighted by molar-refractivity contribution is 0.373. The Morgan fingerprint density at radius 2 is 2.24 bits per heavy atom. The molecule has 0 atom stereocenters. The molecule has 21 heavy (non-hydrogen) atoms. The van der Waals surface area contributed by atoms with Gasteiger partial charge in [0.15, 0.2) is 11.5 Å².